The van der Waals surface area contributed by atoms with Crippen LogP contribution in [-0.2, 0) is 6.18 Å². The maximum absolute atomic E-state index is 12.7. The van der Waals surface area contributed by atoms with E-state index in [4.69, 9.17) is 0 Å². The summed E-state index contributed by atoms with van der Waals surface area (Å²) in [6.45, 7) is 4.07. The molecule has 3 rings (SSSR count). The lowest BCUT2D eigenvalue weighted by Crippen LogP contribution is -2.10. The molecule has 3 nitrogen and oxygen atoms in total. The van der Waals surface area contributed by atoms with Crippen LogP contribution in [-0.4, -0.2) is 11.0 Å². The molecule has 1 aromatic heterocycles. The van der Waals surface area contributed by atoms with E-state index in [1.165, 1.54) is 12.1 Å². The highest BCUT2D eigenvalue weighted by molar-refractivity contribution is 5.70. The van der Waals surface area contributed by atoms with Crippen LogP contribution >= 0.6 is 0 Å². The lowest BCUT2D eigenvalue weighted by Gasteiger charge is -2.15. The van der Waals surface area contributed by atoms with Crippen molar-refractivity contribution in [2.24, 2.45) is 0 Å². The second kappa shape index (κ2) is 7.70. The zero-order valence-electron chi connectivity index (χ0n) is 15.0. The summed E-state index contributed by atoms with van der Waals surface area (Å²) in [6.07, 6.45) is -4.35. The molecule has 0 atom stereocenters. The van der Waals surface area contributed by atoms with Gasteiger partial charge in [0, 0.05) is 29.0 Å². The van der Waals surface area contributed by atoms with Crippen molar-refractivity contribution in [1.29, 1.82) is 0 Å². The van der Waals surface area contributed by atoms with Gasteiger partial charge in [-0.3, -0.25) is 0 Å². The number of benzene rings is 2. The Morgan fingerprint density at radius 3 is 2.11 bits per heavy atom. The number of hydrogen-bond donors (Lipinski definition) is 2. The molecule has 0 saturated heterocycles. The third-order valence-corrected chi connectivity index (χ3v) is 3.83. The van der Waals surface area contributed by atoms with Gasteiger partial charge in [0.05, 0.1) is 11.3 Å². The van der Waals surface area contributed by atoms with Gasteiger partial charge in [-0.25, -0.2) is 4.98 Å². The van der Waals surface area contributed by atoms with Gasteiger partial charge < -0.3 is 10.6 Å². The van der Waals surface area contributed by atoms with E-state index in [1.807, 2.05) is 56.3 Å². The number of alkyl halides is 3. The van der Waals surface area contributed by atoms with Gasteiger partial charge in [0.15, 0.2) is 0 Å². The molecule has 3 aromatic rings. The van der Waals surface area contributed by atoms with Gasteiger partial charge in [0.2, 0.25) is 0 Å². The molecule has 27 heavy (non-hydrogen) atoms. The van der Waals surface area contributed by atoms with Crippen molar-refractivity contribution in [2.45, 2.75) is 26.1 Å². The Kier molecular flexibility index (Phi) is 5.35. The van der Waals surface area contributed by atoms with Gasteiger partial charge >= 0.3 is 6.18 Å². The van der Waals surface area contributed by atoms with Crippen molar-refractivity contribution in [3.05, 3.63) is 72.3 Å². The SMILES string of the molecule is CC(C)Nc1cc(Nc2ccc(C(F)(F)F)cc2)nc(-c2ccccc2)c1. The number of pyridine rings is 1. The molecule has 0 aliphatic rings. The zero-order chi connectivity index (χ0) is 19.4. The van der Waals surface area contributed by atoms with E-state index in [0.717, 1.165) is 29.1 Å². The van der Waals surface area contributed by atoms with Gasteiger partial charge in [0.1, 0.15) is 5.82 Å². The quantitative estimate of drug-likeness (QED) is 0.550. The molecule has 0 saturated carbocycles. The first kappa shape index (κ1) is 18.8. The van der Waals surface area contributed by atoms with E-state index in [2.05, 4.69) is 15.6 Å². The van der Waals surface area contributed by atoms with E-state index < -0.39 is 11.7 Å². The molecule has 0 fully saturated rings. The van der Waals surface area contributed by atoms with E-state index in [1.54, 1.807) is 0 Å². The molecule has 140 valence electrons. The Hall–Kier alpha value is -3.02. The first-order valence-electron chi connectivity index (χ1n) is 8.59. The Bertz CT molecular complexity index is 889. The number of aromatic nitrogens is 1. The van der Waals surface area contributed by atoms with Gasteiger partial charge in [-0.2, -0.15) is 13.2 Å². The van der Waals surface area contributed by atoms with Crippen LogP contribution in [0.4, 0.5) is 30.4 Å². The Labute approximate surface area is 156 Å². The minimum absolute atomic E-state index is 0.231. The monoisotopic (exact) mass is 371 g/mol. The van der Waals surface area contributed by atoms with Gasteiger partial charge in [-0.05, 0) is 44.2 Å². The smallest absolute Gasteiger partial charge is 0.383 e. The first-order valence-corrected chi connectivity index (χ1v) is 8.59. The van der Waals surface area contributed by atoms with Gasteiger partial charge in [-0.1, -0.05) is 30.3 Å². The third kappa shape index (κ3) is 5.00. The lowest BCUT2D eigenvalue weighted by atomic mass is 10.1. The van der Waals surface area contributed by atoms with Crippen LogP contribution in [0.1, 0.15) is 19.4 Å². The zero-order valence-corrected chi connectivity index (χ0v) is 15.0. The van der Waals surface area contributed by atoms with Gasteiger partial charge in [0.25, 0.3) is 0 Å². The van der Waals surface area contributed by atoms with Crippen molar-refractivity contribution in [3.63, 3.8) is 0 Å². The van der Waals surface area contributed by atoms with E-state index >= 15 is 0 Å². The number of nitrogens with zero attached hydrogens (tertiary/aromatic N) is 1. The summed E-state index contributed by atoms with van der Waals surface area (Å²) in [4.78, 5) is 4.60. The van der Waals surface area contributed by atoms with Crippen LogP contribution < -0.4 is 10.6 Å². The molecule has 0 radical (unpaired) electrons. The maximum Gasteiger partial charge on any atom is 0.416 e. The summed E-state index contributed by atoms with van der Waals surface area (Å²) in [6, 6.07) is 18.6. The van der Waals surface area contributed by atoms with Gasteiger partial charge in [-0.15, -0.1) is 0 Å². The van der Waals surface area contributed by atoms with Crippen LogP contribution in [0.2, 0.25) is 0 Å². The molecule has 6 heteroatoms. The summed E-state index contributed by atoms with van der Waals surface area (Å²) < 4.78 is 38.2. The summed E-state index contributed by atoms with van der Waals surface area (Å²) >= 11 is 0. The second-order valence-corrected chi connectivity index (χ2v) is 6.49. The van der Waals surface area contributed by atoms with E-state index in [0.29, 0.717) is 11.5 Å². The van der Waals surface area contributed by atoms with Crippen LogP contribution in [0.15, 0.2) is 66.7 Å². The highest BCUT2D eigenvalue weighted by Crippen LogP contribution is 2.31. The van der Waals surface area contributed by atoms with Crippen LogP contribution in [0, 0.1) is 0 Å². The Balaban J connectivity index is 1.92. The minimum Gasteiger partial charge on any atom is -0.383 e. The van der Waals surface area contributed by atoms with Crippen molar-refractivity contribution >= 4 is 17.2 Å². The van der Waals surface area contributed by atoms with E-state index in [9.17, 15) is 13.2 Å². The molecule has 0 aliphatic carbocycles. The molecule has 0 amide bonds. The molecular weight excluding hydrogens is 351 g/mol. The fraction of sp³-hybridized carbons (Fsp3) is 0.190. The highest BCUT2D eigenvalue weighted by Gasteiger charge is 2.29. The molecular formula is C21H20F3N3. The molecule has 0 bridgehead atoms. The standard InChI is InChI=1S/C21H20F3N3/c1-14(2)25-18-12-19(15-6-4-3-5-7-15)27-20(13-18)26-17-10-8-16(9-11-17)21(22,23)24/h3-14H,1-2H3,(H2,25,26,27). The maximum atomic E-state index is 12.7. The predicted octanol–water partition coefficient (Wildman–Crippen LogP) is 6.33. The Morgan fingerprint density at radius 1 is 0.852 bits per heavy atom. The summed E-state index contributed by atoms with van der Waals surface area (Å²) in [5.41, 5.74) is 2.47. The number of nitrogens with one attached hydrogen (secondary N) is 2. The summed E-state index contributed by atoms with van der Waals surface area (Å²) in [5.74, 6) is 0.555. The average Bonchev–Trinajstić information content (AvgIpc) is 2.61. The molecule has 2 N–H and O–H groups in total. The number of rotatable bonds is 5. The predicted molar refractivity (Wildman–Crippen MR) is 103 cm³/mol. The topological polar surface area (TPSA) is 37.0 Å². The van der Waals surface area contributed by atoms with Crippen molar-refractivity contribution in [1.82, 2.24) is 4.98 Å². The van der Waals surface area contributed by atoms with Crippen molar-refractivity contribution < 1.29 is 13.2 Å². The largest absolute Gasteiger partial charge is 0.416 e. The molecule has 0 spiro atoms. The summed E-state index contributed by atoms with van der Waals surface area (Å²) in [5, 5.41) is 6.43. The fourth-order valence-corrected chi connectivity index (χ4v) is 2.66. The number of anilines is 3. The van der Waals surface area contributed by atoms with Crippen molar-refractivity contribution in [2.75, 3.05) is 10.6 Å². The molecule has 0 aliphatic heterocycles. The molecule has 1 heterocycles. The normalized spacial score (nSPS) is 11.5. The lowest BCUT2D eigenvalue weighted by molar-refractivity contribution is -0.137. The average molecular weight is 371 g/mol. The highest BCUT2D eigenvalue weighted by atomic mass is 19.4. The van der Waals surface area contributed by atoms with E-state index in [-0.39, 0.29) is 6.04 Å². The van der Waals surface area contributed by atoms with Crippen molar-refractivity contribution in [3.8, 4) is 11.3 Å². The number of hydrogen-bond acceptors (Lipinski definition) is 3. The second-order valence-electron chi connectivity index (χ2n) is 6.49. The minimum atomic E-state index is -4.35. The Morgan fingerprint density at radius 2 is 1.52 bits per heavy atom. The molecule has 2 aromatic carbocycles. The fourth-order valence-electron chi connectivity index (χ4n) is 2.66. The first-order chi connectivity index (χ1) is 12.8. The number of halogens is 3. The summed E-state index contributed by atoms with van der Waals surface area (Å²) in [7, 11) is 0. The van der Waals surface area contributed by atoms with Crippen LogP contribution in [0.3, 0.4) is 0 Å². The van der Waals surface area contributed by atoms with Crippen LogP contribution in [0.25, 0.3) is 11.3 Å². The third-order valence-electron chi connectivity index (χ3n) is 3.83. The molecule has 0 unspecified atom stereocenters. The van der Waals surface area contributed by atoms with Crippen LogP contribution in [0.5, 0.6) is 0 Å².